The summed E-state index contributed by atoms with van der Waals surface area (Å²) in [5, 5.41) is 4.24. The minimum Gasteiger partial charge on any atom is -0.312 e. The minimum absolute atomic E-state index is 0.697. The average molecular weight is 299 g/mol. The van der Waals surface area contributed by atoms with Crippen LogP contribution < -0.4 is 5.32 Å². The van der Waals surface area contributed by atoms with Crippen molar-refractivity contribution in [3.05, 3.63) is 21.9 Å². The van der Waals surface area contributed by atoms with Crippen LogP contribution in [0.4, 0.5) is 0 Å². The smallest absolute Gasteiger partial charge is 0.0331 e. The van der Waals surface area contributed by atoms with E-state index in [-0.39, 0.29) is 0 Å². The molecule has 1 fully saturated rings. The van der Waals surface area contributed by atoms with Crippen LogP contribution in [0.3, 0.4) is 0 Å². The van der Waals surface area contributed by atoms with Crippen LogP contribution in [0, 0.1) is 0 Å². The fourth-order valence-electron chi connectivity index (χ4n) is 2.41. The van der Waals surface area contributed by atoms with Gasteiger partial charge in [-0.2, -0.15) is 11.8 Å². The van der Waals surface area contributed by atoms with Crippen LogP contribution in [0.15, 0.2) is 12.1 Å². The van der Waals surface area contributed by atoms with Crippen molar-refractivity contribution in [3.63, 3.8) is 0 Å². The molecular weight excluding hydrogens is 272 g/mol. The molecule has 108 valence electrons. The summed E-state index contributed by atoms with van der Waals surface area (Å²) < 4.78 is 0. The molecule has 2 atom stereocenters. The largest absolute Gasteiger partial charge is 0.312 e. The number of nitrogens with zero attached hydrogens (tertiary/aromatic N) is 1. The van der Waals surface area contributed by atoms with Crippen LogP contribution in [0.25, 0.3) is 0 Å². The van der Waals surface area contributed by atoms with Crippen molar-refractivity contribution in [1.82, 2.24) is 10.2 Å². The molecule has 19 heavy (non-hydrogen) atoms. The molecule has 0 aromatic carbocycles. The van der Waals surface area contributed by atoms with Crippen molar-refractivity contribution in [1.29, 1.82) is 0 Å². The Morgan fingerprint density at radius 2 is 2.11 bits per heavy atom. The highest BCUT2D eigenvalue weighted by molar-refractivity contribution is 8.00. The molecule has 1 aromatic rings. The highest BCUT2D eigenvalue weighted by Gasteiger charge is 2.25. The lowest BCUT2D eigenvalue weighted by molar-refractivity contribution is 0.206. The molecule has 1 aromatic heterocycles. The van der Waals surface area contributed by atoms with Gasteiger partial charge in [-0.05, 0) is 32.0 Å². The quantitative estimate of drug-likeness (QED) is 0.808. The second-order valence-electron chi connectivity index (χ2n) is 5.33. The Bertz CT molecular complexity index is 378. The molecule has 1 saturated heterocycles. The van der Waals surface area contributed by atoms with Crippen molar-refractivity contribution < 1.29 is 0 Å². The van der Waals surface area contributed by atoms with Crippen LogP contribution in [0.5, 0.6) is 0 Å². The van der Waals surface area contributed by atoms with Gasteiger partial charge in [-0.15, -0.1) is 11.3 Å². The average Bonchev–Trinajstić information content (AvgIpc) is 2.83. The van der Waals surface area contributed by atoms with Crippen LogP contribution in [0.1, 0.15) is 36.9 Å². The van der Waals surface area contributed by atoms with Crippen molar-refractivity contribution in [2.24, 2.45) is 0 Å². The second kappa shape index (κ2) is 7.67. The van der Waals surface area contributed by atoms with Gasteiger partial charge in [0, 0.05) is 46.4 Å². The zero-order valence-corrected chi connectivity index (χ0v) is 13.9. The summed E-state index contributed by atoms with van der Waals surface area (Å²) in [5.41, 5.74) is 0. The minimum atomic E-state index is 0.697. The number of hydrogen-bond acceptors (Lipinski definition) is 4. The summed E-state index contributed by atoms with van der Waals surface area (Å²) >= 11 is 4.08. The Morgan fingerprint density at radius 1 is 1.32 bits per heavy atom. The third kappa shape index (κ3) is 4.48. The molecule has 1 aliphatic rings. The monoisotopic (exact) mass is 298 g/mol. The molecule has 2 rings (SSSR count). The maximum absolute atomic E-state index is 3.48. The van der Waals surface area contributed by atoms with Crippen LogP contribution in [-0.4, -0.2) is 35.0 Å². The molecule has 2 heterocycles. The van der Waals surface area contributed by atoms with E-state index in [0.29, 0.717) is 6.04 Å². The predicted molar refractivity (Wildman–Crippen MR) is 88.1 cm³/mol. The number of thioether (sulfide) groups is 1. The molecule has 2 nitrogen and oxygen atoms in total. The highest BCUT2D eigenvalue weighted by atomic mass is 32.2. The number of rotatable bonds is 6. The second-order valence-corrected chi connectivity index (χ2v) is 8.07. The van der Waals surface area contributed by atoms with E-state index in [9.17, 15) is 0 Å². The number of nitrogens with one attached hydrogen (secondary N) is 1. The van der Waals surface area contributed by atoms with Gasteiger partial charge in [0.15, 0.2) is 0 Å². The van der Waals surface area contributed by atoms with Crippen LogP contribution >= 0.6 is 23.1 Å². The molecule has 2 unspecified atom stereocenters. The van der Waals surface area contributed by atoms with E-state index >= 15 is 0 Å². The fourth-order valence-corrected chi connectivity index (χ4v) is 4.59. The van der Waals surface area contributed by atoms with Crippen LogP contribution in [-0.2, 0) is 13.1 Å². The van der Waals surface area contributed by atoms with E-state index in [1.54, 1.807) is 0 Å². The summed E-state index contributed by atoms with van der Waals surface area (Å²) in [4.78, 5) is 5.62. The lowest BCUT2D eigenvalue weighted by Gasteiger charge is -2.37. The first-order valence-corrected chi connectivity index (χ1v) is 9.21. The molecule has 0 bridgehead atoms. The van der Waals surface area contributed by atoms with E-state index in [2.05, 4.69) is 54.9 Å². The van der Waals surface area contributed by atoms with Gasteiger partial charge in [0.25, 0.3) is 0 Å². The normalized spacial score (nSPS) is 24.8. The maximum Gasteiger partial charge on any atom is 0.0331 e. The SMILES string of the molecule is CCCNCc1ccc(CN2CCSC(C)C2C)s1. The summed E-state index contributed by atoms with van der Waals surface area (Å²) in [6, 6.07) is 5.30. The third-order valence-corrected chi connectivity index (χ3v) is 6.22. The Hall–Kier alpha value is -0.0300. The molecular formula is C15H26N2S2. The standard InChI is InChI=1S/C15H26N2S2/c1-4-7-16-10-14-5-6-15(19-14)11-17-8-9-18-13(3)12(17)2/h5-6,12-13,16H,4,7-11H2,1-3H3. The number of thiophene rings is 1. The zero-order chi connectivity index (χ0) is 13.7. The summed E-state index contributed by atoms with van der Waals surface area (Å²) in [6.07, 6.45) is 1.21. The summed E-state index contributed by atoms with van der Waals surface area (Å²) in [6.45, 7) is 11.4. The Balaban J connectivity index is 1.85. The fraction of sp³-hybridized carbons (Fsp3) is 0.733. The van der Waals surface area contributed by atoms with Crippen molar-refractivity contribution in [2.75, 3.05) is 18.8 Å². The first kappa shape index (κ1) is 15.4. The molecule has 1 aliphatic heterocycles. The molecule has 0 aliphatic carbocycles. The van der Waals surface area contributed by atoms with Crippen molar-refractivity contribution in [2.45, 2.75) is 51.6 Å². The summed E-state index contributed by atoms with van der Waals surface area (Å²) in [7, 11) is 0. The van der Waals surface area contributed by atoms with Gasteiger partial charge in [0.2, 0.25) is 0 Å². The predicted octanol–water partition coefficient (Wildman–Crippen LogP) is 3.57. The van der Waals surface area contributed by atoms with Gasteiger partial charge < -0.3 is 5.32 Å². The van der Waals surface area contributed by atoms with E-state index < -0.39 is 0 Å². The third-order valence-electron chi connectivity index (χ3n) is 3.82. The van der Waals surface area contributed by atoms with E-state index in [1.165, 1.54) is 28.5 Å². The molecule has 4 heteroatoms. The van der Waals surface area contributed by atoms with Gasteiger partial charge in [-0.3, -0.25) is 4.90 Å². The number of hydrogen-bond donors (Lipinski definition) is 1. The first-order chi connectivity index (χ1) is 9.20. The molecule has 0 radical (unpaired) electrons. The Kier molecular flexibility index (Phi) is 6.20. The summed E-state index contributed by atoms with van der Waals surface area (Å²) in [5.74, 6) is 1.28. The maximum atomic E-state index is 3.48. The first-order valence-electron chi connectivity index (χ1n) is 7.34. The zero-order valence-electron chi connectivity index (χ0n) is 12.3. The van der Waals surface area contributed by atoms with Gasteiger partial charge in [-0.25, -0.2) is 0 Å². The lowest BCUT2D eigenvalue weighted by Crippen LogP contribution is -2.43. The highest BCUT2D eigenvalue weighted by Crippen LogP contribution is 2.27. The molecule has 0 saturated carbocycles. The molecule has 1 N–H and O–H groups in total. The van der Waals surface area contributed by atoms with E-state index in [1.807, 2.05) is 11.3 Å². The molecule has 0 spiro atoms. The van der Waals surface area contributed by atoms with Gasteiger partial charge in [-0.1, -0.05) is 13.8 Å². The van der Waals surface area contributed by atoms with E-state index in [4.69, 9.17) is 0 Å². The Labute approximate surface area is 126 Å². The van der Waals surface area contributed by atoms with Gasteiger partial charge in [0.05, 0.1) is 0 Å². The van der Waals surface area contributed by atoms with Crippen LogP contribution in [0.2, 0.25) is 0 Å². The van der Waals surface area contributed by atoms with Crippen molar-refractivity contribution in [3.8, 4) is 0 Å². The van der Waals surface area contributed by atoms with Gasteiger partial charge in [0.1, 0.15) is 0 Å². The van der Waals surface area contributed by atoms with E-state index in [0.717, 1.165) is 24.9 Å². The lowest BCUT2D eigenvalue weighted by atomic mass is 10.2. The van der Waals surface area contributed by atoms with Crippen molar-refractivity contribution >= 4 is 23.1 Å². The van der Waals surface area contributed by atoms with Gasteiger partial charge >= 0.3 is 0 Å². The topological polar surface area (TPSA) is 15.3 Å². The Morgan fingerprint density at radius 3 is 2.89 bits per heavy atom. The molecule has 0 amide bonds.